The number of hydrogen-bond donors (Lipinski definition) is 2. The average Bonchev–Trinajstić information content (AvgIpc) is 3.53. The summed E-state index contributed by atoms with van der Waals surface area (Å²) in [5, 5.41) is 14.8. The van der Waals surface area contributed by atoms with Crippen molar-refractivity contribution >= 4 is 11.7 Å². The highest BCUT2D eigenvalue weighted by Gasteiger charge is 2.46. The number of aliphatic hydroxyl groups excluding tert-OH is 1. The Morgan fingerprint density at radius 3 is 2.81 bits per heavy atom. The first kappa shape index (κ1) is 24.4. The van der Waals surface area contributed by atoms with E-state index in [-0.39, 0.29) is 23.3 Å². The van der Waals surface area contributed by atoms with Crippen LogP contribution in [0.4, 0.5) is 16.1 Å². The lowest BCUT2D eigenvalue weighted by Crippen LogP contribution is -2.52. The zero-order chi connectivity index (χ0) is 25.6. The Morgan fingerprint density at radius 1 is 1.19 bits per heavy atom. The van der Waals surface area contributed by atoms with Crippen molar-refractivity contribution in [2.75, 3.05) is 49.5 Å². The number of nitrogens with zero attached hydrogens (tertiary/aromatic N) is 3. The van der Waals surface area contributed by atoms with Gasteiger partial charge in [-0.15, -0.1) is 0 Å². The Bertz CT molecular complexity index is 1250. The van der Waals surface area contributed by atoms with E-state index in [2.05, 4.69) is 52.1 Å². The third-order valence-corrected chi connectivity index (χ3v) is 9.06. The molecular formula is C30H37FN4O2. The number of nitrogens with one attached hydrogen (secondary N) is 1. The Hall–Kier alpha value is -2.90. The molecule has 0 aliphatic carbocycles. The molecular weight excluding hydrogens is 467 g/mol. The molecule has 6 nitrogen and oxygen atoms in total. The van der Waals surface area contributed by atoms with Gasteiger partial charge in [-0.2, -0.15) is 0 Å². The lowest BCUT2D eigenvalue weighted by atomic mass is 9.67. The molecule has 2 saturated heterocycles. The van der Waals surface area contributed by atoms with E-state index in [9.17, 15) is 9.50 Å². The van der Waals surface area contributed by atoms with Gasteiger partial charge in [0.1, 0.15) is 5.82 Å². The minimum atomic E-state index is -0.326. The first-order chi connectivity index (χ1) is 17.9. The van der Waals surface area contributed by atoms with Crippen LogP contribution in [0, 0.1) is 24.6 Å². The average molecular weight is 505 g/mol. The molecule has 0 amide bonds. The maximum Gasteiger partial charge on any atom is 0.297 e. The number of aryl methyl sites for hydroxylation is 1. The molecule has 6 rings (SSSR count). The summed E-state index contributed by atoms with van der Waals surface area (Å²) in [6.45, 7) is 9.92. The van der Waals surface area contributed by atoms with Crippen LogP contribution in [-0.4, -0.2) is 60.4 Å². The second-order valence-electron chi connectivity index (χ2n) is 11.4. The molecule has 196 valence electrons. The topological polar surface area (TPSA) is 64.8 Å². The molecule has 37 heavy (non-hydrogen) atoms. The summed E-state index contributed by atoms with van der Waals surface area (Å²) in [7, 11) is 0. The van der Waals surface area contributed by atoms with Gasteiger partial charge in [-0.3, -0.25) is 0 Å². The first-order valence-corrected chi connectivity index (χ1v) is 13.6. The largest absolute Gasteiger partial charge is 0.423 e. The molecule has 2 fully saturated rings. The molecule has 4 heterocycles. The number of fused-ring (bicyclic) bond motifs is 2. The maximum absolute atomic E-state index is 13.6. The fourth-order valence-corrected chi connectivity index (χ4v) is 6.75. The van der Waals surface area contributed by atoms with Crippen LogP contribution in [0.1, 0.15) is 37.3 Å². The van der Waals surface area contributed by atoms with Crippen LogP contribution in [-0.2, 0) is 5.41 Å². The molecule has 1 unspecified atom stereocenters. The number of aliphatic hydroxyl groups is 1. The number of β-amino-alcohol motifs (C(OH)–C–C–N with tert-alkyl or cyclic N) is 1. The molecule has 3 aromatic rings. The molecule has 7 heteroatoms. The fourth-order valence-electron chi connectivity index (χ4n) is 6.75. The van der Waals surface area contributed by atoms with Crippen LogP contribution in [0.3, 0.4) is 0 Å². The molecule has 3 aliphatic rings. The van der Waals surface area contributed by atoms with E-state index in [4.69, 9.17) is 4.42 Å². The number of hydrogen-bond acceptors (Lipinski definition) is 6. The third-order valence-electron chi connectivity index (χ3n) is 9.06. The summed E-state index contributed by atoms with van der Waals surface area (Å²) in [4.78, 5) is 9.04. The minimum absolute atomic E-state index is 0.205. The molecule has 2 aromatic carbocycles. The van der Waals surface area contributed by atoms with E-state index >= 15 is 0 Å². The van der Waals surface area contributed by atoms with E-state index in [1.165, 1.54) is 28.9 Å². The van der Waals surface area contributed by atoms with Crippen LogP contribution < -0.4 is 10.2 Å². The van der Waals surface area contributed by atoms with Gasteiger partial charge in [0.25, 0.3) is 6.01 Å². The summed E-state index contributed by atoms with van der Waals surface area (Å²) in [6.07, 6.45) is 4.27. The Labute approximate surface area is 218 Å². The first-order valence-electron chi connectivity index (χ1n) is 13.6. The number of anilines is 2. The van der Waals surface area contributed by atoms with E-state index < -0.39 is 0 Å². The van der Waals surface area contributed by atoms with Gasteiger partial charge in [-0.05, 0) is 73.9 Å². The molecule has 0 bridgehead atoms. The molecule has 3 aliphatic heterocycles. The van der Waals surface area contributed by atoms with Gasteiger partial charge in [-0.1, -0.05) is 31.2 Å². The summed E-state index contributed by atoms with van der Waals surface area (Å²) in [5.74, 6) is 1.09. The van der Waals surface area contributed by atoms with Crippen molar-refractivity contribution < 1.29 is 13.9 Å². The van der Waals surface area contributed by atoms with Crippen LogP contribution in [0.25, 0.3) is 11.3 Å². The standard InChI is InChI=1S/C30H37FN4O2/c1-20-6-7-25-26(14-20)33-19-30(25)10-13-34(17-21(30)2)18-27(36)22-8-11-35(12-9-22)29-32-16-28(37-29)23-4-3-5-24(31)15-23/h3-7,14-16,21-22,27,33,36H,8-13,17-19H2,1-2H3/t21-,27+,30?/m1/s1. The number of likely N-dealkylation sites (tertiary alicyclic amines) is 1. The van der Waals surface area contributed by atoms with Gasteiger partial charge >= 0.3 is 0 Å². The summed E-state index contributed by atoms with van der Waals surface area (Å²) in [5.41, 5.74) is 4.98. The SMILES string of the molecule is Cc1ccc2c(c1)NCC21CCN(C[C@H](O)C2CCN(c3ncc(-c4cccc(F)c4)o3)CC2)C[C@H]1C. The fraction of sp³-hybridized carbons (Fsp3) is 0.500. The number of halogens is 1. The van der Waals surface area contributed by atoms with Gasteiger partial charge < -0.3 is 24.6 Å². The molecule has 1 spiro atoms. The van der Waals surface area contributed by atoms with Crippen molar-refractivity contribution in [3.8, 4) is 11.3 Å². The monoisotopic (exact) mass is 504 g/mol. The summed E-state index contributed by atoms with van der Waals surface area (Å²) in [6, 6.07) is 13.8. The minimum Gasteiger partial charge on any atom is -0.423 e. The van der Waals surface area contributed by atoms with Gasteiger partial charge in [0.15, 0.2) is 5.76 Å². The highest BCUT2D eigenvalue weighted by Crippen LogP contribution is 2.47. The molecule has 0 radical (unpaired) electrons. The quantitative estimate of drug-likeness (QED) is 0.506. The normalized spacial score (nSPS) is 25.3. The van der Waals surface area contributed by atoms with Crippen molar-refractivity contribution in [2.45, 2.75) is 44.6 Å². The van der Waals surface area contributed by atoms with Gasteiger partial charge in [0, 0.05) is 49.4 Å². The van der Waals surface area contributed by atoms with Gasteiger partial charge in [0.05, 0.1) is 12.3 Å². The smallest absolute Gasteiger partial charge is 0.297 e. The van der Waals surface area contributed by atoms with Crippen LogP contribution in [0.15, 0.2) is 53.1 Å². The lowest BCUT2D eigenvalue weighted by Gasteiger charge is -2.46. The molecule has 1 aromatic heterocycles. The Morgan fingerprint density at radius 2 is 2.03 bits per heavy atom. The van der Waals surface area contributed by atoms with Crippen molar-refractivity contribution in [3.05, 3.63) is 65.6 Å². The van der Waals surface area contributed by atoms with E-state index in [0.717, 1.165) is 58.5 Å². The number of oxazole rings is 1. The van der Waals surface area contributed by atoms with Crippen molar-refractivity contribution in [1.29, 1.82) is 0 Å². The van der Waals surface area contributed by atoms with E-state index in [1.807, 2.05) is 6.07 Å². The van der Waals surface area contributed by atoms with Crippen molar-refractivity contribution in [2.24, 2.45) is 11.8 Å². The van der Waals surface area contributed by atoms with Crippen molar-refractivity contribution in [3.63, 3.8) is 0 Å². The predicted molar refractivity (Wildman–Crippen MR) is 144 cm³/mol. The highest BCUT2D eigenvalue weighted by atomic mass is 19.1. The zero-order valence-corrected chi connectivity index (χ0v) is 21.8. The zero-order valence-electron chi connectivity index (χ0n) is 21.8. The van der Waals surface area contributed by atoms with Gasteiger partial charge in [-0.25, -0.2) is 9.37 Å². The van der Waals surface area contributed by atoms with Crippen LogP contribution in [0.5, 0.6) is 0 Å². The van der Waals surface area contributed by atoms with E-state index in [0.29, 0.717) is 23.3 Å². The second kappa shape index (κ2) is 9.76. The molecule has 0 saturated carbocycles. The second-order valence-corrected chi connectivity index (χ2v) is 11.4. The Kier molecular flexibility index (Phi) is 6.45. The molecule has 3 atom stereocenters. The third kappa shape index (κ3) is 4.64. The summed E-state index contributed by atoms with van der Waals surface area (Å²) >= 11 is 0. The lowest BCUT2D eigenvalue weighted by molar-refractivity contribution is 0.0242. The predicted octanol–water partition coefficient (Wildman–Crippen LogP) is 5.07. The number of piperidine rings is 2. The number of benzene rings is 2. The number of aromatic nitrogens is 1. The summed E-state index contributed by atoms with van der Waals surface area (Å²) < 4.78 is 19.5. The molecule has 2 N–H and O–H groups in total. The van der Waals surface area contributed by atoms with Crippen LogP contribution >= 0.6 is 0 Å². The van der Waals surface area contributed by atoms with Crippen molar-refractivity contribution in [1.82, 2.24) is 9.88 Å². The van der Waals surface area contributed by atoms with E-state index in [1.54, 1.807) is 12.3 Å². The highest BCUT2D eigenvalue weighted by molar-refractivity contribution is 5.62. The number of rotatable bonds is 5. The maximum atomic E-state index is 13.6. The Balaban J connectivity index is 1.02. The van der Waals surface area contributed by atoms with Gasteiger partial charge in [0.2, 0.25) is 0 Å². The van der Waals surface area contributed by atoms with Crippen LogP contribution in [0.2, 0.25) is 0 Å².